The maximum Gasteiger partial charge on any atom is 0.272 e. The molecule has 0 amide bonds. The van der Waals surface area contributed by atoms with Gasteiger partial charge in [0.25, 0.3) is 5.56 Å². The molecule has 0 saturated carbocycles. The molecule has 3 aromatic rings. The van der Waals surface area contributed by atoms with E-state index in [9.17, 15) is 4.79 Å². The number of alkyl halides is 1. The zero-order valence-corrected chi connectivity index (χ0v) is 9.92. The van der Waals surface area contributed by atoms with Gasteiger partial charge in [-0.25, -0.2) is 0 Å². The number of aryl methyl sites for hydroxylation is 1. The van der Waals surface area contributed by atoms with Crippen molar-refractivity contribution < 1.29 is 0 Å². The Balaban J connectivity index is 2.70. The third-order valence-electron chi connectivity index (χ3n) is 2.52. The molecule has 0 fully saturated rings. The van der Waals surface area contributed by atoms with Crippen molar-refractivity contribution >= 4 is 38.9 Å². The van der Waals surface area contributed by atoms with E-state index >= 15 is 0 Å². The van der Waals surface area contributed by atoms with Crippen LogP contribution in [-0.2, 0) is 12.9 Å². The van der Waals surface area contributed by atoms with E-state index in [1.807, 2.05) is 15.8 Å². The lowest BCUT2D eigenvalue weighted by Crippen LogP contribution is -2.19. The Labute approximate surface area is 98.9 Å². The molecule has 7 heteroatoms. The number of rotatable bonds is 1. The summed E-state index contributed by atoms with van der Waals surface area (Å²) in [5, 5.41) is 9.83. The molecule has 0 spiro atoms. The molecule has 0 aliphatic rings. The Morgan fingerprint density at radius 3 is 3.06 bits per heavy atom. The molecular formula is C9H7ClN4OS. The Bertz CT molecular complexity index is 741. The topological polar surface area (TPSA) is 52.2 Å². The summed E-state index contributed by atoms with van der Waals surface area (Å²) < 4.78 is 4.00. The van der Waals surface area contributed by atoms with Crippen molar-refractivity contribution in [3.05, 3.63) is 27.6 Å². The standard InChI is InChI=1S/C9H7ClN4OS/c1-13-8(15)7-5(2-3-16-7)14-6(4-10)11-12-9(13)14/h2-3H,4H2,1H3. The lowest BCUT2D eigenvalue weighted by Gasteiger charge is -2.02. The molecule has 3 aromatic heterocycles. The fourth-order valence-corrected chi connectivity index (χ4v) is 2.76. The molecule has 82 valence electrons. The van der Waals surface area contributed by atoms with Gasteiger partial charge < -0.3 is 0 Å². The van der Waals surface area contributed by atoms with Gasteiger partial charge in [0.2, 0.25) is 5.78 Å². The van der Waals surface area contributed by atoms with Crippen LogP contribution in [0.5, 0.6) is 0 Å². The van der Waals surface area contributed by atoms with Crippen LogP contribution in [0.15, 0.2) is 16.2 Å². The van der Waals surface area contributed by atoms with Gasteiger partial charge in [0.1, 0.15) is 4.70 Å². The monoisotopic (exact) mass is 254 g/mol. The first kappa shape index (κ1) is 9.80. The number of fused-ring (bicyclic) bond motifs is 3. The third kappa shape index (κ3) is 1.08. The lowest BCUT2D eigenvalue weighted by molar-refractivity contribution is 0.860. The van der Waals surface area contributed by atoms with Crippen molar-refractivity contribution in [2.24, 2.45) is 7.05 Å². The molecule has 0 atom stereocenters. The largest absolute Gasteiger partial charge is 0.279 e. The minimum absolute atomic E-state index is 0.0500. The summed E-state index contributed by atoms with van der Waals surface area (Å²) in [6.07, 6.45) is 0. The van der Waals surface area contributed by atoms with E-state index in [4.69, 9.17) is 11.6 Å². The number of halogens is 1. The summed E-state index contributed by atoms with van der Waals surface area (Å²) in [4.78, 5) is 12.0. The van der Waals surface area contributed by atoms with Crippen LogP contribution in [0, 0.1) is 0 Å². The summed E-state index contributed by atoms with van der Waals surface area (Å²) in [5.41, 5.74) is 0.773. The van der Waals surface area contributed by atoms with Crippen LogP contribution in [0.25, 0.3) is 16.0 Å². The minimum atomic E-state index is -0.0500. The summed E-state index contributed by atoms with van der Waals surface area (Å²) >= 11 is 7.21. The van der Waals surface area contributed by atoms with E-state index < -0.39 is 0 Å². The first-order chi connectivity index (χ1) is 7.74. The average molecular weight is 255 g/mol. The van der Waals surface area contributed by atoms with Crippen molar-refractivity contribution in [2.75, 3.05) is 0 Å². The van der Waals surface area contributed by atoms with Crippen LogP contribution in [0.3, 0.4) is 0 Å². The zero-order chi connectivity index (χ0) is 11.3. The molecule has 0 aliphatic carbocycles. The number of hydrogen-bond acceptors (Lipinski definition) is 4. The van der Waals surface area contributed by atoms with E-state index in [-0.39, 0.29) is 11.4 Å². The molecule has 0 saturated heterocycles. The quantitative estimate of drug-likeness (QED) is 0.617. The molecule has 3 heterocycles. The fraction of sp³-hybridized carbons (Fsp3) is 0.222. The number of thiophene rings is 1. The predicted molar refractivity (Wildman–Crippen MR) is 63.2 cm³/mol. The Kier molecular flexibility index (Phi) is 2.02. The van der Waals surface area contributed by atoms with Crippen molar-refractivity contribution in [3.8, 4) is 0 Å². The van der Waals surface area contributed by atoms with Crippen molar-refractivity contribution in [2.45, 2.75) is 5.88 Å². The highest BCUT2D eigenvalue weighted by molar-refractivity contribution is 7.17. The van der Waals surface area contributed by atoms with Crippen LogP contribution in [0.2, 0.25) is 0 Å². The predicted octanol–water partition coefficient (Wildman–Crippen LogP) is 1.38. The second kappa shape index (κ2) is 3.29. The second-order valence-corrected chi connectivity index (χ2v) is 4.57. The number of aromatic nitrogens is 4. The fourth-order valence-electron chi connectivity index (χ4n) is 1.74. The van der Waals surface area contributed by atoms with E-state index in [1.54, 1.807) is 7.05 Å². The van der Waals surface area contributed by atoms with Crippen LogP contribution < -0.4 is 5.56 Å². The van der Waals surface area contributed by atoms with E-state index in [0.717, 1.165) is 5.52 Å². The van der Waals surface area contributed by atoms with Crippen LogP contribution in [0.1, 0.15) is 5.82 Å². The minimum Gasteiger partial charge on any atom is -0.279 e. The highest BCUT2D eigenvalue weighted by atomic mass is 35.5. The third-order valence-corrected chi connectivity index (χ3v) is 3.65. The molecule has 0 bridgehead atoms. The highest BCUT2D eigenvalue weighted by Crippen LogP contribution is 2.19. The van der Waals surface area contributed by atoms with Gasteiger partial charge in [-0.15, -0.1) is 33.1 Å². The second-order valence-electron chi connectivity index (χ2n) is 3.38. The van der Waals surface area contributed by atoms with E-state index in [0.29, 0.717) is 16.3 Å². The van der Waals surface area contributed by atoms with Gasteiger partial charge in [0.05, 0.1) is 11.4 Å². The summed E-state index contributed by atoms with van der Waals surface area (Å²) in [6, 6.07) is 1.88. The molecule has 5 nitrogen and oxygen atoms in total. The Morgan fingerprint density at radius 1 is 1.50 bits per heavy atom. The molecule has 16 heavy (non-hydrogen) atoms. The van der Waals surface area contributed by atoms with Gasteiger partial charge in [-0.1, -0.05) is 0 Å². The Morgan fingerprint density at radius 2 is 2.31 bits per heavy atom. The number of hydrogen-bond donors (Lipinski definition) is 0. The first-order valence-corrected chi connectivity index (χ1v) is 6.01. The molecule has 0 aromatic carbocycles. The van der Waals surface area contributed by atoms with Gasteiger partial charge >= 0.3 is 0 Å². The van der Waals surface area contributed by atoms with Crippen LogP contribution in [0.4, 0.5) is 0 Å². The molecule has 0 radical (unpaired) electrons. The summed E-state index contributed by atoms with van der Waals surface area (Å²) in [7, 11) is 1.68. The molecule has 0 aliphatic heterocycles. The molecule has 0 N–H and O–H groups in total. The van der Waals surface area contributed by atoms with Gasteiger partial charge in [-0.05, 0) is 11.4 Å². The van der Waals surface area contributed by atoms with Gasteiger partial charge in [0, 0.05) is 7.05 Å². The first-order valence-electron chi connectivity index (χ1n) is 4.60. The normalized spacial score (nSPS) is 11.6. The van der Waals surface area contributed by atoms with Crippen molar-refractivity contribution in [1.82, 2.24) is 19.2 Å². The average Bonchev–Trinajstić information content (AvgIpc) is 2.90. The molecule has 0 unspecified atom stereocenters. The molecule has 3 rings (SSSR count). The van der Waals surface area contributed by atoms with Gasteiger partial charge in [-0.3, -0.25) is 13.8 Å². The van der Waals surface area contributed by atoms with Gasteiger partial charge in [0.15, 0.2) is 5.82 Å². The van der Waals surface area contributed by atoms with Crippen molar-refractivity contribution in [1.29, 1.82) is 0 Å². The maximum absolute atomic E-state index is 12.0. The smallest absolute Gasteiger partial charge is 0.272 e. The highest BCUT2D eigenvalue weighted by Gasteiger charge is 2.14. The van der Waals surface area contributed by atoms with Gasteiger partial charge in [-0.2, -0.15) is 0 Å². The summed E-state index contributed by atoms with van der Waals surface area (Å²) in [6.45, 7) is 0. The van der Waals surface area contributed by atoms with Crippen LogP contribution in [-0.4, -0.2) is 19.2 Å². The van der Waals surface area contributed by atoms with E-state index in [1.165, 1.54) is 15.9 Å². The molecular weight excluding hydrogens is 248 g/mol. The van der Waals surface area contributed by atoms with Crippen molar-refractivity contribution in [3.63, 3.8) is 0 Å². The maximum atomic E-state index is 12.0. The SMILES string of the molecule is Cn1c(=O)c2sccc2n2c(CCl)nnc12. The van der Waals surface area contributed by atoms with E-state index in [2.05, 4.69) is 10.2 Å². The van der Waals surface area contributed by atoms with Crippen LogP contribution >= 0.6 is 22.9 Å². The lowest BCUT2D eigenvalue weighted by atomic mass is 10.4. The Hall–Kier alpha value is -1.40. The summed E-state index contributed by atoms with van der Waals surface area (Å²) in [5.74, 6) is 1.44. The zero-order valence-electron chi connectivity index (χ0n) is 8.35. The number of nitrogens with zero attached hydrogens (tertiary/aromatic N) is 4.